The van der Waals surface area contributed by atoms with E-state index in [1.807, 2.05) is 37.2 Å². The third-order valence-corrected chi connectivity index (χ3v) is 4.52. The summed E-state index contributed by atoms with van der Waals surface area (Å²) < 4.78 is 5.43. The van der Waals surface area contributed by atoms with Gasteiger partial charge in [-0.15, -0.1) is 0 Å². The van der Waals surface area contributed by atoms with Crippen molar-refractivity contribution < 1.29 is 4.52 Å². The average Bonchev–Trinajstić information content (AvgIpc) is 2.89. The normalized spacial score (nSPS) is 16.7. The van der Waals surface area contributed by atoms with E-state index in [1.54, 1.807) is 0 Å². The maximum absolute atomic E-state index is 5.43. The molecule has 2 aliphatic heterocycles. The second-order valence-corrected chi connectivity index (χ2v) is 6.24. The quantitative estimate of drug-likeness (QED) is 0.934. The van der Waals surface area contributed by atoms with E-state index in [2.05, 4.69) is 38.9 Å². The van der Waals surface area contributed by atoms with Gasteiger partial charge < -0.3 is 14.8 Å². The van der Waals surface area contributed by atoms with Crippen LogP contribution in [0.2, 0.25) is 0 Å². The number of rotatable bonds is 4. The summed E-state index contributed by atoms with van der Waals surface area (Å²) in [5.41, 5.74) is 8.46. The Kier molecular flexibility index (Phi) is 3.72. The zero-order chi connectivity index (χ0) is 16.5. The standard InChI is InChI=1S/C18H21N5O/c1-13-4-5-15(10-19-13)18-17(14(2)24-21-18)12-23-9-6-16(11-20-23)22-7-3-8-22/h4-6,9-11,20H,3,7-8,12H2,1-2H3. The van der Waals surface area contributed by atoms with Gasteiger partial charge in [-0.2, -0.15) is 0 Å². The number of nitrogens with zero attached hydrogens (tertiary/aromatic N) is 4. The summed E-state index contributed by atoms with van der Waals surface area (Å²) in [4.78, 5) is 6.71. The smallest absolute Gasteiger partial charge is 0.139 e. The number of likely N-dealkylation sites (tertiary alicyclic amines) is 1. The first kappa shape index (κ1) is 14.8. The van der Waals surface area contributed by atoms with Crippen LogP contribution >= 0.6 is 0 Å². The van der Waals surface area contributed by atoms with Crippen LogP contribution in [0, 0.1) is 13.8 Å². The van der Waals surface area contributed by atoms with Crippen molar-refractivity contribution in [2.24, 2.45) is 0 Å². The van der Waals surface area contributed by atoms with Crippen LogP contribution < -0.4 is 5.43 Å². The first-order valence-electron chi connectivity index (χ1n) is 8.25. The minimum Gasteiger partial charge on any atom is -0.370 e. The Labute approximate surface area is 141 Å². The van der Waals surface area contributed by atoms with E-state index in [0.29, 0.717) is 6.54 Å². The monoisotopic (exact) mass is 323 g/mol. The second kappa shape index (κ2) is 6.03. The highest BCUT2D eigenvalue weighted by Gasteiger charge is 2.20. The molecule has 0 amide bonds. The second-order valence-electron chi connectivity index (χ2n) is 6.24. The van der Waals surface area contributed by atoms with Gasteiger partial charge in [0.05, 0.1) is 12.2 Å². The van der Waals surface area contributed by atoms with Crippen molar-refractivity contribution in [3.8, 4) is 11.3 Å². The molecule has 4 heterocycles. The number of hydrazine groups is 1. The summed E-state index contributed by atoms with van der Waals surface area (Å²) in [5.74, 6) is 0.832. The van der Waals surface area contributed by atoms with Crippen LogP contribution in [0.25, 0.3) is 11.3 Å². The highest BCUT2D eigenvalue weighted by molar-refractivity contribution is 5.62. The molecule has 2 aliphatic rings. The summed E-state index contributed by atoms with van der Waals surface area (Å²) in [6, 6.07) is 4.02. The molecular weight excluding hydrogens is 302 g/mol. The lowest BCUT2D eigenvalue weighted by Crippen LogP contribution is -2.39. The van der Waals surface area contributed by atoms with Crippen molar-refractivity contribution in [3.63, 3.8) is 0 Å². The lowest BCUT2D eigenvalue weighted by atomic mass is 10.1. The summed E-state index contributed by atoms with van der Waals surface area (Å²) in [7, 11) is 0. The Morgan fingerprint density at radius 2 is 2.12 bits per heavy atom. The molecule has 0 unspecified atom stereocenters. The van der Waals surface area contributed by atoms with Crippen LogP contribution in [0.5, 0.6) is 0 Å². The highest BCUT2D eigenvalue weighted by atomic mass is 16.5. The number of allylic oxidation sites excluding steroid dienone is 1. The minimum absolute atomic E-state index is 0.679. The lowest BCUT2D eigenvalue weighted by Gasteiger charge is -2.36. The molecule has 0 atom stereocenters. The fourth-order valence-corrected chi connectivity index (χ4v) is 2.86. The van der Waals surface area contributed by atoms with E-state index in [0.717, 1.165) is 41.4 Å². The van der Waals surface area contributed by atoms with Crippen LogP contribution in [0.4, 0.5) is 0 Å². The fourth-order valence-electron chi connectivity index (χ4n) is 2.86. The predicted octanol–water partition coefficient (Wildman–Crippen LogP) is 2.73. The number of aromatic nitrogens is 2. The molecule has 1 saturated heterocycles. The van der Waals surface area contributed by atoms with E-state index >= 15 is 0 Å². The largest absolute Gasteiger partial charge is 0.370 e. The highest BCUT2D eigenvalue weighted by Crippen LogP contribution is 2.26. The van der Waals surface area contributed by atoms with Gasteiger partial charge in [-0.05, 0) is 38.5 Å². The first-order valence-corrected chi connectivity index (χ1v) is 8.25. The minimum atomic E-state index is 0.679. The molecule has 1 N–H and O–H groups in total. The molecule has 0 bridgehead atoms. The molecule has 1 fully saturated rings. The summed E-state index contributed by atoms with van der Waals surface area (Å²) in [5, 5.41) is 6.27. The van der Waals surface area contributed by atoms with Crippen molar-refractivity contribution in [2.45, 2.75) is 26.8 Å². The van der Waals surface area contributed by atoms with Crippen LogP contribution in [0.3, 0.4) is 0 Å². The molecular formula is C18H21N5O. The van der Waals surface area contributed by atoms with Crippen LogP contribution in [0.15, 0.2) is 47.0 Å². The lowest BCUT2D eigenvalue weighted by molar-refractivity contribution is 0.229. The number of hydrogen-bond donors (Lipinski definition) is 1. The Hall–Kier alpha value is -2.76. The molecule has 0 aromatic carbocycles. The summed E-state index contributed by atoms with van der Waals surface area (Å²) in [6.07, 6.45) is 9.39. The molecule has 2 aromatic rings. The van der Waals surface area contributed by atoms with Gasteiger partial charge in [0, 0.05) is 48.5 Å². The number of pyridine rings is 1. The zero-order valence-corrected chi connectivity index (χ0v) is 14.0. The summed E-state index contributed by atoms with van der Waals surface area (Å²) >= 11 is 0. The molecule has 0 aliphatic carbocycles. The van der Waals surface area contributed by atoms with Gasteiger partial charge >= 0.3 is 0 Å². The SMILES string of the molecule is Cc1ccc(-c2noc(C)c2CN2C=CC(N3CCC3)=CN2)cn1. The van der Waals surface area contributed by atoms with Gasteiger partial charge in [-0.25, -0.2) is 0 Å². The molecule has 0 spiro atoms. The van der Waals surface area contributed by atoms with Crippen molar-refractivity contribution >= 4 is 0 Å². The van der Waals surface area contributed by atoms with E-state index in [9.17, 15) is 0 Å². The Bertz CT molecular complexity index is 786. The van der Waals surface area contributed by atoms with Gasteiger partial charge in [-0.1, -0.05) is 5.16 Å². The van der Waals surface area contributed by atoms with Gasteiger partial charge in [0.15, 0.2) is 0 Å². The molecule has 2 aromatic heterocycles. The Morgan fingerprint density at radius 3 is 2.75 bits per heavy atom. The van der Waals surface area contributed by atoms with Crippen LogP contribution in [-0.2, 0) is 6.54 Å². The predicted molar refractivity (Wildman–Crippen MR) is 91.3 cm³/mol. The first-order chi connectivity index (χ1) is 11.7. The van der Waals surface area contributed by atoms with Gasteiger partial charge in [0.1, 0.15) is 11.5 Å². The molecule has 24 heavy (non-hydrogen) atoms. The van der Waals surface area contributed by atoms with Gasteiger partial charge in [0.25, 0.3) is 0 Å². The Morgan fingerprint density at radius 1 is 1.25 bits per heavy atom. The number of hydrogen-bond acceptors (Lipinski definition) is 6. The van der Waals surface area contributed by atoms with Crippen molar-refractivity contribution in [3.05, 3.63) is 59.5 Å². The number of aryl methyl sites for hydroxylation is 2. The van der Waals surface area contributed by atoms with Crippen molar-refractivity contribution in [2.75, 3.05) is 13.1 Å². The molecule has 124 valence electrons. The summed E-state index contributed by atoms with van der Waals surface area (Å²) in [6.45, 7) is 6.89. The van der Waals surface area contributed by atoms with E-state index in [-0.39, 0.29) is 0 Å². The van der Waals surface area contributed by atoms with Crippen LogP contribution in [0.1, 0.15) is 23.4 Å². The average molecular weight is 323 g/mol. The maximum Gasteiger partial charge on any atom is 0.139 e. The topological polar surface area (TPSA) is 57.4 Å². The van der Waals surface area contributed by atoms with Crippen molar-refractivity contribution in [1.29, 1.82) is 0 Å². The van der Waals surface area contributed by atoms with Crippen LogP contribution in [-0.4, -0.2) is 33.1 Å². The van der Waals surface area contributed by atoms with E-state index in [4.69, 9.17) is 4.52 Å². The maximum atomic E-state index is 5.43. The third-order valence-electron chi connectivity index (χ3n) is 4.52. The molecule has 4 rings (SSSR count). The van der Waals surface area contributed by atoms with Gasteiger partial charge in [-0.3, -0.25) is 9.99 Å². The Balaban J connectivity index is 1.51. The zero-order valence-electron chi connectivity index (χ0n) is 14.0. The fraction of sp³-hybridized carbons (Fsp3) is 0.333. The van der Waals surface area contributed by atoms with E-state index in [1.165, 1.54) is 12.1 Å². The molecule has 0 radical (unpaired) electrons. The van der Waals surface area contributed by atoms with Gasteiger partial charge in [0.2, 0.25) is 0 Å². The third kappa shape index (κ3) is 2.75. The molecule has 6 nitrogen and oxygen atoms in total. The molecule has 0 saturated carbocycles. The van der Waals surface area contributed by atoms with Crippen molar-refractivity contribution in [1.82, 2.24) is 25.5 Å². The van der Waals surface area contributed by atoms with E-state index < -0.39 is 0 Å². The molecule has 6 heteroatoms. The number of nitrogens with one attached hydrogen (secondary N) is 1.